The van der Waals surface area contributed by atoms with Crippen LogP contribution in [0, 0.1) is 0 Å². The van der Waals surface area contributed by atoms with Crippen LogP contribution in [0.5, 0.6) is 0 Å². The molecule has 1 saturated heterocycles. The van der Waals surface area contributed by atoms with Crippen LogP contribution in [0.2, 0.25) is 5.02 Å². The normalized spacial score (nSPS) is 17.5. The molecule has 0 atom stereocenters. The third-order valence-corrected chi connectivity index (χ3v) is 7.15. The molecule has 7 heteroatoms. The summed E-state index contributed by atoms with van der Waals surface area (Å²) in [6.07, 6.45) is 1.32. The van der Waals surface area contributed by atoms with Crippen molar-refractivity contribution in [1.82, 2.24) is 9.78 Å². The van der Waals surface area contributed by atoms with Gasteiger partial charge in [0.05, 0.1) is 16.8 Å². The minimum Gasteiger partial charge on any atom is -0.381 e. The lowest BCUT2D eigenvalue weighted by molar-refractivity contribution is -0.125. The number of carbonyl (C=O) groups excluding carboxylic acids is 1. The Bertz CT molecular complexity index is 1080. The van der Waals surface area contributed by atoms with Crippen LogP contribution in [-0.4, -0.2) is 28.9 Å². The molecule has 30 heavy (non-hydrogen) atoms. The monoisotopic (exact) mass is 439 g/mol. The van der Waals surface area contributed by atoms with E-state index in [9.17, 15) is 4.79 Å². The topological polar surface area (TPSA) is 56.2 Å². The summed E-state index contributed by atoms with van der Waals surface area (Å²) in [7, 11) is 0. The second-order valence-corrected chi connectivity index (χ2v) is 9.09. The van der Waals surface area contributed by atoms with Crippen molar-refractivity contribution >= 4 is 35.1 Å². The van der Waals surface area contributed by atoms with Gasteiger partial charge < -0.3 is 10.1 Å². The Morgan fingerprint density at radius 2 is 1.90 bits per heavy atom. The van der Waals surface area contributed by atoms with Gasteiger partial charge in [0.15, 0.2) is 0 Å². The highest BCUT2D eigenvalue weighted by Gasteiger charge is 2.42. The highest BCUT2D eigenvalue weighted by atomic mass is 35.5. The molecule has 3 heterocycles. The van der Waals surface area contributed by atoms with Crippen molar-refractivity contribution in [2.75, 3.05) is 18.5 Å². The molecule has 2 aliphatic heterocycles. The summed E-state index contributed by atoms with van der Waals surface area (Å²) < 4.78 is 7.42. The van der Waals surface area contributed by atoms with E-state index in [0.717, 1.165) is 39.8 Å². The quantitative estimate of drug-likeness (QED) is 0.624. The number of anilines is 1. The number of fused-ring (bicyclic) bond motifs is 1. The molecule has 1 fully saturated rings. The largest absolute Gasteiger partial charge is 0.381 e. The summed E-state index contributed by atoms with van der Waals surface area (Å²) in [6, 6.07) is 17.6. The first-order valence-corrected chi connectivity index (χ1v) is 11.6. The highest BCUT2D eigenvalue weighted by molar-refractivity contribution is 7.98. The van der Waals surface area contributed by atoms with E-state index in [2.05, 4.69) is 5.32 Å². The van der Waals surface area contributed by atoms with Crippen LogP contribution in [0.3, 0.4) is 0 Å². The van der Waals surface area contributed by atoms with Crippen molar-refractivity contribution in [3.63, 3.8) is 0 Å². The standard InChI is InChI=1S/C23H22ClN3O2S/c24-17-7-4-8-18(13-17)27-21(19-14-30-15-20(19)26-27)25-22(28)23(9-11-29-12-10-23)16-5-2-1-3-6-16/h1-8,13H,9-12,14-15H2,(H,25,28). The van der Waals surface area contributed by atoms with E-state index in [1.54, 1.807) is 0 Å². The Hall–Kier alpha value is -2.28. The predicted molar refractivity (Wildman–Crippen MR) is 120 cm³/mol. The van der Waals surface area contributed by atoms with Gasteiger partial charge in [-0.3, -0.25) is 4.79 Å². The lowest BCUT2D eigenvalue weighted by Gasteiger charge is -2.36. The summed E-state index contributed by atoms with van der Waals surface area (Å²) in [6.45, 7) is 1.15. The fourth-order valence-corrected chi connectivity index (χ4v) is 5.51. The molecule has 3 aromatic rings. The first-order chi connectivity index (χ1) is 14.7. The average Bonchev–Trinajstić information content (AvgIpc) is 3.37. The molecule has 1 aromatic heterocycles. The number of nitrogens with zero attached hydrogens (tertiary/aromatic N) is 2. The average molecular weight is 440 g/mol. The Labute approximate surface area is 184 Å². The maximum Gasteiger partial charge on any atom is 0.236 e. The number of benzene rings is 2. The first-order valence-electron chi connectivity index (χ1n) is 10.1. The van der Waals surface area contributed by atoms with Crippen molar-refractivity contribution in [2.45, 2.75) is 29.8 Å². The summed E-state index contributed by atoms with van der Waals surface area (Å²) in [5, 5.41) is 8.70. The first kappa shape index (κ1) is 19.7. The van der Waals surface area contributed by atoms with Gasteiger partial charge in [-0.15, -0.1) is 0 Å². The second-order valence-electron chi connectivity index (χ2n) is 7.67. The maximum absolute atomic E-state index is 13.8. The van der Waals surface area contributed by atoms with E-state index >= 15 is 0 Å². The molecular weight excluding hydrogens is 418 g/mol. The zero-order chi connectivity index (χ0) is 20.6. The third kappa shape index (κ3) is 3.43. The van der Waals surface area contributed by atoms with Crippen molar-refractivity contribution < 1.29 is 9.53 Å². The summed E-state index contributed by atoms with van der Waals surface area (Å²) in [4.78, 5) is 13.8. The molecule has 0 radical (unpaired) electrons. The lowest BCUT2D eigenvalue weighted by Crippen LogP contribution is -2.45. The van der Waals surface area contributed by atoms with Crippen LogP contribution in [0.4, 0.5) is 5.82 Å². The number of thioether (sulfide) groups is 1. The van der Waals surface area contributed by atoms with Crippen molar-refractivity contribution in [3.8, 4) is 5.69 Å². The molecule has 0 spiro atoms. The smallest absolute Gasteiger partial charge is 0.236 e. The van der Waals surface area contributed by atoms with Crippen LogP contribution < -0.4 is 5.32 Å². The van der Waals surface area contributed by atoms with Crippen LogP contribution in [-0.2, 0) is 26.5 Å². The molecule has 1 N–H and O–H groups in total. The van der Waals surface area contributed by atoms with Crippen LogP contribution in [0.1, 0.15) is 29.7 Å². The van der Waals surface area contributed by atoms with Crippen molar-refractivity contribution in [3.05, 3.63) is 76.4 Å². The summed E-state index contributed by atoms with van der Waals surface area (Å²) in [5.74, 6) is 2.44. The Balaban J connectivity index is 1.56. The van der Waals surface area contributed by atoms with Crippen LogP contribution >= 0.6 is 23.4 Å². The molecule has 0 unspecified atom stereocenters. The number of nitrogens with one attached hydrogen (secondary N) is 1. The van der Waals surface area contributed by atoms with E-state index < -0.39 is 5.41 Å². The van der Waals surface area contributed by atoms with Gasteiger partial charge in [0.1, 0.15) is 5.82 Å². The van der Waals surface area contributed by atoms with Gasteiger partial charge in [0.2, 0.25) is 5.91 Å². The molecule has 0 bridgehead atoms. The van der Waals surface area contributed by atoms with Gasteiger partial charge in [0, 0.05) is 35.3 Å². The zero-order valence-corrected chi connectivity index (χ0v) is 18.0. The molecule has 2 aromatic carbocycles. The Morgan fingerprint density at radius 3 is 2.67 bits per heavy atom. The molecular formula is C23H22ClN3O2S. The number of amides is 1. The van der Waals surface area contributed by atoms with Crippen LogP contribution in [0.15, 0.2) is 54.6 Å². The molecule has 1 amide bonds. The van der Waals surface area contributed by atoms with Gasteiger partial charge in [-0.25, -0.2) is 4.68 Å². The number of aromatic nitrogens is 2. The van der Waals surface area contributed by atoms with Gasteiger partial charge in [-0.2, -0.15) is 16.9 Å². The fraction of sp³-hybridized carbons (Fsp3) is 0.304. The Kier molecular flexibility index (Phi) is 5.31. The minimum absolute atomic E-state index is 0.000113. The van der Waals surface area contributed by atoms with Crippen LogP contribution in [0.25, 0.3) is 5.69 Å². The zero-order valence-electron chi connectivity index (χ0n) is 16.4. The molecule has 0 saturated carbocycles. The fourth-order valence-electron chi connectivity index (χ4n) is 4.29. The summed E-state index contributed by atoms with van der Waals surface area (Å²) >= 11 is 8.04. The third-order valence-electron chi connectivity index (χ3n) is 5.94. The second kappa shape index (κ2) is 8.10. The number of rotatable bonds is 4. The molecule has 5 rings (SSSR count). The Morgan fingerprint density at radius 1 is 1.10 bits per heavy atom. The molecule has 2 aliphatic rings. The molecule has 0 aliphatic carbocycles. The number of carbonyl (C=O) groups is 1. The number of hydrogen-bond donors (Lipinski definition) is 1. The van der Waals surface area contributed by atoms with E-state index in [4.69, 9.17) is 21.4 Å². The van der Waals surface area contributed by atoms with Gasteiger partial charge in [0.25, 0.3) is 0 Å². The van der Waals surface area contributed by atoms with Gasteiger partial charge >= 0.3 is 0 Å². The molecule has 5 nitrogen and oxygen atoms in total. The van der Waals surface area contributed by atoms with Gasteiger partial charge in [-0.1, -0.05) is 48.0 Å². The summed E-state index contributed by atoms with van der Waals surface area (Å²) in [5.41, 5.74) is 3.39. The van der Waals surface area contributed by atoms with E-state index in [1.165, 1.54) is 0 Å². The number of halogens is 1. The minimum atomic E-state index is -0.610. The van der Waals surface area contributed by atoms with E-state index in [0.29, 0.717) is 31.1 Å². The number of ether oxygens (including phenoxy) is 1. The van der Waals surface area contributed by atoms with Crippen molar-refractivity contribution in [2.24, 2.45) is 0 Å². The van der Waals surface area contributed by atoms with Gasteiger partial charge in [-0.05, 0) is 36.6 Å². The lowest BCUT2D eigenvalue weighted by atomic mass is 9.73. The highest BCUT2D eigenvalue weighted by Crippen LogP contribution is 2.40. The predicted octanol–water partition coefficient (Wildman–Crippen LogP) is 4.96. The maximum atomic E-state index is 13.8. The molecule has 154 valence electrons. The number of hydrogen-bond acceptors (Lipinski definition) is 4. The van der Waals surface area contributed by atoms with E-state index in [1.807, 2.05) is 71.0 Å². The van der Waals surface area contributed by atoms with E-state index in [-0.39, 0.29) is 5.91 Å². The van der Waals surface area contributed by atoms with Crippen molar-refractivity contribution in [1.29, 1.82) is 0 Å². The SMILES string of the molecule is O=C(Nc1c2c(nn1-c1cccc(Cl)c1)CSC2)C1(c2ccccc2)CCOCC1.